The normalized spacial score (nSPS) is 15.3. The maximum absolute atomic E-state index is 11.9. The van der Waals surface area contributed by atoms with Crippen molar-refractivity contribution in [3.8, 4) is 0 Å². The van der Waals surface area contributed by atoms with Crippen LogP contribution in [0.4, 0.5) is 0 Å². The summed E-state index contributed by atoms with van der Waals surface area (Å²) in [5, 5.41) is 2.29. The van der Waals surface area contributed by atoms with Crippen LogP contribution in [0.3, 0.4) is 0 Å². The van der Waals surface area contributed by atoms with Gasteiger partial charge in [-0.15, -0.1) is 0 Å². The van der Waals surface area contributed by atoms with Gasteiger partial charge in [-0.2, -0.15) is 0 Å². The van der Waals surface area contributed by atoms with Gasteiger partial charge in [0.2, 0.25) is 11.8 Å². The lowest BCUT2D eigenvalue weighted by atomic mass is 9.80. The first-order valence-electron chi connectivity index (χ1n) is 7.99. The highest BCUT2D eigenvalue weighted by atomic mass is 16.1. The molecule has 4 heteroatoms. The number of rotatable bonds is 3. The van der Waals surface area contributed by atoms with Crippen molar-refractivity contribution in [3.05, 3.63) is 88.5 Å². The zero-order chi connectivity index (χ0) is 17.6. The molecular formula is C21H16N2O2. The molecular weight excluding hydrogens is 312 g/mol. The third-order valence-corrected chi connectivity index (χ3v) is 4.71. The van der Waals surface area contributed by atoms with Crippen LogP contribution in [0.2, 0.25) is 0 Å². The zero-order valence-corrected chi connectivity index (χ0v) is 13.4. The van der Waals surface area contributed by atoms with Gasteiger partial charge >= 0.3 is 0 Å². The van der Waals surface area contributed by atoms with Crippen LogP contribution >= 0.6 is 0 Å². The molecule has 1 aliphatic rings. The number of amides is 2. The molecule has 122 valence electrons. The smallest absolute Gasteiger partial charge is 0.249 e. The van der Waals surface area contributed by atoms with Crippen molar-refractivity contribution in [3.63, 3.8) is 0 Å². The second-order valence-electron chi connectivity index (χ2n) is 6.16. The van der Waals surface area contributed by atoms with Gasteiger partial charge in [0.25, 0.3) is 0 Å². The van der Waals surface area contributed by atoms with Crippen molar-refractivity contribution < 1.29 is 9.59 Å². The quantitative estimate of drug-likeness (QED) is 0.773. The fraction of sp³-hybridized carbons (Fsp3) is 0.0476. The Labute approximate surface area is 144 Å². The van der Waals surface area contributed by atoms with Gasteiger partial charge in [-0.3, -0.25) is 9.59 Å². The topological polar surface area (TPSA) is 86.2 Å². The highest BCUT2D eigenvalue weighted by Crippen LogP contribution is 2.39. The average molecular weight is 328 g/mol. The van der Waals surface area contributed by atoms with Crippen LogP contribution in [0, 0.1) is 0 Å². The van der Waals surface area contributed by atoms with Crippen LogP contribution in [0.15, 0.2) is 60.7 Å². The van der Waals surface area contributed by atoms with Crippen molar-refractivity contribution in [1.29, 1.82) is 0 Å². The lowest BCUT2D eigenvalue weighted by molar-refractivity contribution is 0.0987. The molecule has 4 N–H and O–H groups in total. The molecule has 3 aromatic rings. The molecule has 0 aromatic heterocycles. The Morgan fingerprint density at radius 2 is 1.60 bits per heavy atom. The summed E-state index contributed by atoms with van der Waals surface area (Å²) in [6, 6.07) is 17.0. The van der Waals surface area contributed by atoms with Crippen LogP contribution in [0.5, 0.6) is 0 Å². The third kappa shape index (κ3) is 2.39. The van der Waals surface area contributed by atoms with E-state index >= 15 is 0 Å². The van der Waals surface area contributed by atoms with E-state index in [9.17, 15) is 9.59 Å². The average Bonchev–Trinajstić information content (AvgIpc) is 2.62. The molecule has 0 bridgehead atoms. The number of benzene rings is 3. The lowest BCUT2D eigenvalue weighted by Gasteiger charge is -2.23. The van der Waals surface area contributed by atoms with Crippen LogP contribution in [0.25, 0.3) is 16.8 Å². The maximum Gasteiger partial charge on any atom is 0.249 e. The first-order valence-corrected chi connectivity index (χ1v) is 7.99. The number of carbonyl (C=O) groups is 2. The van der Waals surface area contributed by atoms with Crippen molar-refractivity contribution >= 4 is 28.7 Å². The summed E-state index contributed by atoms with van der Waals surface area (Å²) >= 11 is 0. The molecule has 0 fully saturated rings. The van der Waals surface area contributed by atoms with E-state index in [1.807, 2.05) is 30.4 Å². The number of nitrogens with two attached hydrogens (primary N) is 2. The standard InChI is InChI=1S/C21H16N2O2/c22-20(24)14-8-10-17(21(23)25)18(11-14)15-9-7-13-4-1-3-12-5-2-6-16(15)19(12)13/h1-11,15H,(H2,22,24)(H2,23,25). The van der Waals surface area contributed by atoms with Gasteiger partial charge in [-0.05, 0) is 45.7 Å². The largest absolute Gasteiger partial charge is 0.366 e. The van der Waals surface area contributed by atoms with Gasteiger partial charge in [0.1, 0.15) is 0 Å². The Morgan fingerprint density at radius 1 is 0.840 bits per heavy atom. The molecule has 1 unspecified atom stereocenters. The summed E-state index contributed by atoms with van der Waals surface area (Å²) in [5.74, 6) is -1.22. The number of hydrogen-bond acceptors (Lipinski definition) is 2. The van der Waals surface area contributed by atoms with E-state index in [1.165, 1.54) is 6.07 Å². The van der Waals surface area contributed by atoms with Gasteiger partial charge in [0.05, 0.1) is 0 Å². The summed E-state index contributed by atoms with van der Waals surface area (Å²) in [6.07, 6.45) is 4.07. The van der Waals surface area contributed by atoms with E-state index in [2.05, 4.69) is 18.2 Å². The molecule has 4 nitrogen and oxygen atoms in total. The molecule has 0 radical (unpaired) electrons. The molecule has 1 aliphatic carbocycles. The molecule has 1 atom stereocenters. The highest BCUT2D eigenvalue weighted by molar-refractivity contribution is 6.00. The number of allylic oxidation sites excluding steroid dienone is 1. The molecule has 0 heterocycles. The number of primary amides is 2. The summed E-state index contributed by atoms with van der Waals surface area (Å²) in [4.78, 5) is 23.5. The summed E-state index contributed by atoms with van der Waals surface area (Å²) in [5.41, 5.74) is 14.7. The third-order valence-electron chi connectivity index (χ3n) is 4.71. The number of carbonyl (C=O) groups excluding carboxylic acids is 2. The molecule has 0 saturated heterocycles. The summed E-state index contributed by atoms with van der Waals surface area (Å²) in [7, 11) is 0. The van der Waals surface area contributed by atoms with Crippen LogP contribution in [-0.2, 0) is 0 Å². The van der Waals surface area contributed by atoms with Crippen molar-refractivity contribution in [1.82, 2.24) is 0 Å². The second kappa shape index (κ2) is 5.60. The Bertz CT molecular complexity index is 1060. The monoisotopic (exact) mass is 328 g/mol. The van der Waals surface area contributed by atoms with Crippen LogP contribution in [-0.4, -0.2) is 11.8 Å². The Morgan fingerprint density at radius 3 is 2.32 bits per heavy atom. The molecule has 3 aromatic carbocycles. The molecule has 0 saturated carbocycles. The van der Waals surface area contributed by atoms with E-state index in [-0.39, 0.29) is 5.92 Å². The minimum absolute atomic E-state index is 0.166. The predicted octanol–water partition coefficient (Wildman–Crippen LogP) is 3.20. The maximum atomic E-state index is 11.9. The van der Waals surface area contributed by atoms with Gasteiger partial charge in [-0.25, -0.2) is 0 Å². The summed E-state index contributed by atoms with van der Waals surface area (Å²) in [6.45, 7) is 0. The van der Waals surface area contributed by atoms with E-state index in [0.29, 0.717) is 16.7 Å². The Hall–Kier alpha value is -3.40. The minimum atomic E-state index is -0.532. The summed E-state index contributed by atoms with van der Waals surface area (Å²) < 4.78 is 0. The minimum Gasteiger partial charge on any atom is -0.366 e. The van der Waals surface area contributed by atoms with Crippen molar-refractivity contribution in [2.45, 2.75) is 5.92 Å². The molecule has 2 amide bonds. The Balaban J connectivity index is 1.99. The predicted molar refractivity (Wildman–Crippen MR) is 98.3 cm³/mol. The molecule has 25 heavy (non-hydrogen) atoms. The first-order chi connectivity index (χ1) is 12.1. The van der Waals surface area contributed by atoms with E-state index in [0.717, 1.165) is 21.9 Å². The van der Waals surface area contributed by atoms with Gasteiger partial charge in [-0.1, -0.05) is 48.6 Å². The van der Waals surface area contributed by atoms with E-state index < -0.39 is 11.8 Å². The highest BCUT2D eigenvalue weighted by Gasteiger charge is 2.23. The van der Waals surface area contributed by atoms with Gasteiger partial charge in [0.15, 0.2) is 0 Å². The van der Waals surface area contributed by atoms with E-state index in [4.69, 9.17) is 11.5 Å². The van der Waals surface area contributed by atoms with E-state index in [1.54, 1.807) is 12.1 Å². The Kier molecular flexibility index (Phi) is 3.39. The fourth-order valence-corrected chi connectivity index (χ4v) is 3.57. The first kappa shape index (κ1) is 15.1. The molecule has 0 spiro atoms. The second-order valence-corrected chi connectivity index (χ2v) is 6.16. The van der Waals surface area contributed by atoms with Crippen molar-refractivity contribution in [2.24, 2.45) is 11.5 Å². The fourth-order valence-electron chi connectivity index (χ4n) is 3.57. The zero-order valence-electron chi connectivity index (χ0n) is 13.4. The lowest BCUT2D eigenvalue weighted by Crippen LogP contribution is -2.18. The molecule has 0 aliphatic heterocycles. The van der Waals surface area contributed by atoms with Crippen LogP contribution < -0.4 is 11.5 Å². The van der Waals surface area contributed by atoms with Crippen molar-refractivity contribution in [2.75, 3.05) is 0 Å². The van der Waals surface area contributed by atoms with Gasteiger partial charge < -0.3 is 11.5 Å². The van der Waals surface area contributed by atoms with Crippen LogP contribution in [0.1, 0.15) is 43.3 Å². The molecule has 4 rings (SSSR count). The SMILES string of the molecule is NC(=O)c1ccc(C(N)=O)c(C2C=Cc3cccc4cccc2c34)c1. The van der Waals surface area contributed by atoms with Gasteiger partial charge in [0, 0.05) is 17.0 Å². The number of hydrogen-bond donors (Lipinski definition) is 2.